The fraction of sp³-hybridized carbons (Fsp3) is 0.300. The van der Waals surface area contributed by atoms with Crippen LogP contribution >= 0.6 is 0 Å². The molecule has 2 aromatic rings. The summed E-state index contributed by atoms with van der Waals surface area (Å²) in [5.41, 5.74) is 2.97. The van der Waals surface area contributed by atoms with Gasteiger partial charge >= 0.3 is 0 Å². The molecule has 24 heavy (non-hydrogen) atoms. The summed E-state index contributed by atoms with van der Waals surface area (Å²) in [6, 6.07) is 17.3. The molecule has 0 heterocycles. The van der Waals surface area contributed by atoms with Crippen LogP contribution in [0.5, 0.6) is 0 Å². The highest BCUT2D eigenvalue weighted by Gasteiger charge is 2.14. The van der Waals surface area contributed by atoms with Crippen molar-refractivity contribution in [3.8, 4) is 0 Å². The van der Waals surface area contributed by atoms with Crippen molar-refractivity contribution in [2.45, 2.75) is 39.2 Å². The average Bonchev–Trinajstić information content (AvgIpc) is 2.53. The van der Waals surface area contributed by atoms with Crippen molar-refractivity contribution in [2.75, 3.05) is 5.32 Å². The Morgan fingerprint density at radius 1 is 0.875 bits per heavy atom. The van der Waals surface area contributed by atoms with Crippen molar-refractivity contribution >= 4 is 17.5 Å². The third kappa shape index (κ3) is 5.54. The molecule has 126 valence electrons. The molecule has 0 spiro atoms. The molecule has 0 aromatic heterocycles. The lowest BCUT2D eigenvalue weighted by atomic mass is 9.87. The van der Waals surface area contributed by atoms with Gasteiger partial charge in [-0.1, -0.05) is 63.2 Å². The molecule has 0 bridgehead atoms. The zero-order valence-electron chi connectivity index (χ0n) is 14.4. The van der Waals surface area contributed by atoms with Crippen molar-refractivity contribution in [3.05, 3.63) is 65.7 Å². The van der Waals surface area contributed by atoms with Gasteiger partial charge in [-0.3, -0.25) is 9.59 Å². The minimum atomic E-state index is -0.316. The first-order valence-corrected chi connectivity index (χ1v) is 8.05. The van der Waals surface area contributed by atoms with E-state index in [1.54, 1.807) is 0 Å². The predicted octanol–water partition coefficient (Wildman–Crippen LogP) is 3.63. The first kappa shape index (κ1) is 17.7. The summed E-state index contributed by atoms with van der Waals surface area (Å²) in [6.45, 7) is 6.83. The summed E-state index contributed by atoms with van der Waals surface area (Å²) in [5, 5.41) is 5.49. The second-order valence-corrected chi connectivity index (χ2v) is 6.81. The van der Waals surface area contributed by atoms with Crippen LogP contribution in [-0.2, 0) is 21.5 Å². The summed E-state index contributed by atoms with van der Waals surface area (Å²) < 4.78 is 0. The maximum Gasteiger partial charge on any atom is 0.233 e. The summed E-state index contributed by atoms with van der Waals surface area (Å²) >= 11 is 0. The Hall–Kier alpha value is -2.62. The van der Waals surface area contributed by atoms with Crippen molar-refractivity contribution in [1.82, 2.24) is 5.32 Å². The number of carbonyl (C=O) groups is 2. The second-order valence-electron chi connectivity index (χ2n) is 6.81. The van der Waals surface area contributed by atoms with Gasteiger partial charge in [-0.05, 0) is 28.7 Å². The van der Waals surface area contributed by atoms with E-state index < -0.39 is 0 Å². The number of hydrogen-bond acceptors (Lipinski definition) is 2. The highest BCUT2D eigenvalue weighted by Crippen LogP contribution is 2.23. The van der Waals surface area contributed by atoms with E-state index >= 15 is 0 Å². The molecule has 0 aliphatic heterocycles. The molecule has 0 aliphatic rings. The largest absolute Gasteiger partial charge is 0.352 e. The summed E-state index contributed by atoms with van der Waals surface area (Å²) in [5.74, 6) is -0.605. The van der Waals surface area contributed by atoms with Gasteiger partial charge in [0, 0.05) is 12.2 Å². The average molecular weight is 324 g/mol. The SMILES string of the molecule is CC(C)(C)c1ccc(NC(=O)CC(=O)NCc2ccccc2)cc1. The molecule has 0 saturated carbocycles. The Morgan fingerprint density at radius 2 is 1.50 bits per heavy atom. The minimum Gasteiger partial charge on any atom is -0.352 e. The van der Waals surface area contributed by atoms with Gasteiger partial charge in [-0.2, -0.15) is 0 Å². The third-order valence-electron chi connectivity index (χ3n) is 3.69. The maximum atomic E-state index is 11.9. The summed E-state index contributed by atoms with van der Waals surface area (Å²) in [4.78, 5) is 23.8. The van der Waals surface area contributed by atoms with Crippen molar-refractivity contribution in [2.24, 2.45) is 0 Å². The van der Waals surface area contributed by atoms with Crippen molar-refractivity contribution < 1.29 is 9.59 Å². The van der Waals surface area contributed by atoms with Crippen LogP contribution in [0.25, 0.3) is 0 Å². The lowest BCUT2D eigenvalue weighted by Gasteiger charge is -2.19. The van der Waals surface area contributed by atoms with Crippen LogP contribution in [0.2, 0.25) is 0 Å². The van der Waals surface area contributed by atoms with Crippen LogP contribution in [0.15, 0.2) is 54.6 Å². The molecule has 0 aliphatic carbocycles. The zero-order chi connectivity index (χ0) is 17.6. The molecule has 0 saturated heterocycles. The molecule has 2 N–H and O–H groups in total. The number of nitrogens with one attached hydrogen (secondary N) is 2. The van der Waals surface area contributed by atoms with Gasteiger partial charge in [0.05, 0.1) is 0 Å². The Bertz CT molecular complexity index is 686. The topological polar surface area (TPSA) is 58.2 Å². The van der Waals surface area contributed by atoms with Crippen molar-refractivity contribution in [3.63, 3.8) is 0 Å². The van der Waals surface area contributed by atoms with E-state index in [1.807, 2.05) is 54.6 Å². The van der Waals surface area contributed by atoms with E-state index in [1.165, 1.54) is 5.56 Å². The Balaban J connectivity index is 1.81. The molecule has 4 heteroatoms. The number of amides is 2. The number of carbonyl (C=O) groups excluding carboxylic acids is 2. The molecular formula is C20H24N2O2. The Morgan fingerprint density at radius 3 is 2.08 bits per heavy atom. The molecule has 0 unspecified atom stereocenters. The Kier molecular flexibility index (Phi) is 5.74. The predicted molar refractivity (Wildman–Crippen MR) is 96.7 cm³/mol. The first-order valence-electron chi connectivity index (χ1n) is 8.05. The quantitative estimate of drug-likeness (QED) is 0.825. The van der Waals surface area contributed by atoms with Gasteiger partial charge in [0.2, 0.25) is 11.8 Å². The van der Waals surface area contributed by atoms with Gasteiger partial charge in [-0.25, -0.2) is 0 Å². The van der Waals surface area contributed by atoms with E-state index in [-0.39, 0.29) is 23.7 Å². The number of hydrogen-bond donors (Lipinski definition) is 2. The van der Waals surface area contributed by atoms with Crippen LogP contribution < -0.4 is 10.6 Å². The van der Waals surface area contributed by atoms with Crippen LogP contribution in [-0.4, -0.2) is 11.8 Å². The standard InChI is InChI=1S/C20H24N2O2/c1-20(2,3)16-9-11-17(12-10-16)22-19(24)13-18(23)21-14-15-7-5-4-6-8-15/h4-12H,13-14H2,1-3H3,(H,21,23)(H,22,24). The second kappa shape index (κ2) is 7.77. The normalized spacial score (nSPS) is 11.0. The molecule has 0 fully saturated rings. The lowest BCUT2D eigenvalue weighted by Crippen LogP contribution is -2.27. The van der Waals surface area contributed by atoms with Crippen LogP contribution in [0.1, 0.15) is 38.3 Å². The summed E-state index contributed by atoms with van der Waals surface area (Å²) in [7, 11) is 0. The van der Waals surface area contributed by atoms with Gasteiger partial charge in [0.15, 0.2) is 0 Å². The number of rotatable bonds is 5. The van der Waals surface area contributed by atoms with E-state index in [4.69, 9.17) is 0 Å². The fourth-order valence-electron chi connectivity index (χ4n) is 2.26. The first-order chi connectivity index (χ1) is 11.3. The van der Waals surface area contributed by atoms with Gasteiger partial charge in [0.1, 0.15) is 6.42 Å². The number of benzene rings is 2. The minimum absolute atomic E-state index is 0.0693. The van der Waals surface area contributed by atoms with Crippen LogP contribution in [0.4, 0.5) is 5.69 Å². The van der Waals surface area contributed by atoms with E-state index in [0.29, 0.717) is 12.2 Å². The summed E-state index contributed by atoms with van der Waals surface area (Å²) in [6.07, 6.45) is -0.187. The van der Waals surface area contributed by atoms with E-state index in [0.717, 1.165) is 5.56 Å². The highest BCUT2D eigenvalue weighted by molar-refractivity contribution is 6.03. The molecular weight excluding hydrogens is 300 g/mol. The van der Waals surface area contributed by atoms with E-state index in [2.05, 4.69) is 31.4 Å². The van der Waals surface area contributed by atoms with Gasteiger partial charge in [-0.15, -0.1) is 0 Å². The molecule has 0 atom stereocenters. The number of anilines is 1. The van der Waals surface area contributed by atoms with Gasteiger partial charge in [0.25, 0.3) is 0 Å². The Labute approximate surface area is 143 Å². The molecule has 0 radical (unpaired) electrons. The third-order valence-corrected chi connectivity index (χ3v) is 3.69. The van der Waals surface area contributed by atoms with E-state index in [9.17, 15) is 9.59 Å². The highest BCUT2D eigenvalue weighted by atomic mass is 16.2. The van der Waals surface area contributed by atoms with Gasteiger partial charge < -0.3 is 10.6 Å². The molecule has 2 rings (SSSR count). The monoisotopic (exact) mass is 324 g/mol. The van der Waals surface area contributed by atoms with Crippen LogP contribution in [0, 0.1) is 0 Å². The zero-order valence-corrected chi connectivity index (χ0v) is 14.4. The maximum absolute atomic E-state index is 11.9. The van der Waals surface area contributed by atoms with Crippen LogP contribution in [0.3, 0.4) is 0 Å². The fourth-order valence-corrected chi connectivity index (χ4v) is 2.26. The smallest absolute Gasteiger partial charge is 0.233 e. The molecule has 2 amide bonds. The van der Waals surface area contributed by atoms with Crippen molar-refractivity contribution in [1.29, 1.82) is 0 Å². The molecule has 2 aromatic carbocycles. The lowest BCUT2D eigenvalue weighted by molar-refractivity contribution is -0.126. The molecule has 4 nitrogen and oxygen atoms in total.